The molecule has 5 aliphatic carbocycles. The number of aliphatic hydroxyl groups excluding tert-OH is 1. The average Bonchev–Trinajstić information content (AvgIpc) is 3.06. The van der Waals surface area contributed by atoms with Crippen LogP contribution in [0.4, 0.5) is 0 Å². The van der Waals surface area contributed by atoms with Gasteiger partial charge in [-0.25, -0.2) is 4.79 Å². The zero-order valence-corrected chi connectivity index (χ0v) is 34.1. The molecule has 4 saturated carbocycles. The van der Waals surface area contributed by atoms with Crippen LogP contribution >= 0.6 is 0 Å². The number of fused-ring (bicyclic) bond motifs is 7. The van der Waals surface area contributed by atoms with E-state index in [1.165, 1.54) is 12.5 Å². The monoisotopic (exact) mass is 756 g/mol. The van der Waals surface area contributed by atoms with Crippen LogP contribution in [0.15, 0.2) is 11.6 Å². The van der Waals surface area contributed by atoms with Crippen LogP contribution in [0.3, 0.4) is 0 Å². The number of Topliss-reactive ketones (excluding diaryl/α,β-unsaturated/α-hetero) is 1. The van der Waals surface area contributed by atoms with Crippen molar-refractivity contribution in [2.24, 2.45) is 56.7 Å². The van der Waals surface area contributed by atoms with Crippen molar-refractivity contribution in [3.8, 4) is 0 Å². The highest BCUT2D eigenvalue weighted by molar-refractivity contribution is 5.85. The molecule has 0 aromatic carbocycles. The summed E-state index contributed by atoms with van der Waals surface area (Å²) in [6, 6.07) is 0. The second-order valence-electron chi connectivity index (χ2n) is 19.5. The van der Waals surface area contributed by atoms with E-state index in [1.807, 2.05) is 0 Å². The van der Waals surface area contributed by atoms with E-state index in [-0.39, 0.29) is 39.4 Å². The summed E-state index contributed by atoms with van der Waals surface area (Å²) in [6.45, 7) is 19.9. The van der Waals surface area contributed by atoms with E-state index >= 15 is 0 Å². The van der Waals surface area contributed by atoms with E-state index < -0.39 is 60.5 Å². The normalized spacial score (nSPS) is 45.9. The number of aliphatic carboxylic acids is 1. The predicted octanol–water partition coefficient (Wildman–Crippen LogP) is 6.61. The topological polar surface area (TPSA) is 163 Å². The number of carboxylic acid groups (broad SMARTS) is 1. The molecule has 6 aliphatic rings. The summed E-state index contributed by atoms with van der Waals surface area (Å²) in [5.41, 5.74) is 0.777. The van der Waals surface area contributed by atoms with E-state index in [2.05, 4.69) is 54.5 Å². The largest absolute Gasteiger partial charge is 0.479 e. The van der Waals surface area contributed by atoms with Crippen LogP contribution in [0.5, 0.6) is 0 Å². The van der Waals surface area contributed by atoms with Crippen LogP contribution in [0, 0.1) is 56.7 Å². The second-order valence-corrected chi connectivity index (χ2v) is 19.5. The molecule has 302 valence electrons. The first kappa shape index (κ1) is 40.9. The molecule has 11 heteroatoms. The zero-order chi connectivity index (χ0) is 39.9. The molecule has 11 nitrogen and oxygen atoms in total. The Hall–Kier alpha value is -2.79. The van der Waals surface area contributed by atoms with Gasteiger partial charge in [-0.15, -0.1) is 0 Å². The molecule has 15 atom stereocenters. The minimum absolute atomic E-state index is 0.0224. The van der Waals surface area contributed by atoms with Crippen molar-refractivity contribution >= 4 is 29.7 Å². The van der Waals surface area contributed by atoms with Crippen molar-refractivity contribution in [3.05, 3.63) is 11.6 Å². The average molecular weight is 757 g/mol. The quantitative estimate of drug-likeness (QED) is 0.163. The van der Waals surface area contributed by atoms with Crippen LogP contribution in [-0.2, 0) is 42.9 Å². The summed E-state index contributed by atoms with van der Waals surface area (Å²) in [5.74, 6) is -1.76. The summed E-state index contributed by atoms with van der Waals surface area (Å²) < 4.78 is 22.6. The highest BCUT2D eigenvalue weighted by Crippen LogP contribution is 2.76. The lowest BCUT2D eigenvalue weighted by Gasteiger charge is -2.71. The number of allylic oxidation sites excluding steroid dienone is 2. The third-order valence-corrected chi connectivity index (χ3v) is 16.6. The van der Waals surface area contributed by atoms with E-state index in [0.717, 1.165) is 65.2 Å². The summed E-state index contributed by atoms with van der Waals surface area (Å²) in [6.07, 6.45) is 2.01. The highest BCUT2D eigenvalue weighted by atomic mass is 16.7. The Morgan fingerprint density at radius 1 is 0.833 bits per heavy atom. The lowest BCUT2D eigenvalue weighted by Crippen LogP contribution is -2.66. The van der Waals surface area contributed by atoms with Crippen molar-refractivity contribution in [3.63, 3.8) is 0 Å². The van der Waals surface area contributed by atoms with Gasteiger partial charge in [-0.1, -0.05) is 60.1 Å². The zero-order valence-electron chi connectivity index (χ0n) is 34.1. The molecule has 6 unspecified atom stereocenters. The van der Waals surface area contributed by atoms with Crippen molar-refractivity contribution in [2.75, 3.05) is 0 Å². The molecule has 0 spiro atoms. The van der Waals surface area contributed by atoms with Gasteiger partial charge in [-0.05, 0) is 109 Å². The Morgan fingerprint density at radius 3 is 2.06 bits per heavy atom. The molecule has 1 aliphatic heterocycles. The lowest BCUT2D eigenvalue weighted by atomic mass is 9.33. The molecular weight excluding hydrogens is 692 g/mol. The molecule has 54 heavy (non-hydrogen) atoms. The van der Waals surface area contributed by atoms with E-state index in [0.29, 0.717) is 35.9 Å². The first-order chi connectivity index (χ1) is 25.0. The molecule has 0 aromatic heterocycles. The maximum Gasteiger partial charge on any atom is 0.336 e. The van der Waals surface area contributed by atoms with Crippen LogP contribution in [-0.4, -0.2) is 76.5 Å². The van der Waals surface area contributed by atoms with Crippen LogP contribution in [0.1, 0.15) is 133 Å². The van der Waals surface area contributed by atoms with Gasteiger partial charge in [0, 0.05) is 32.6 Å². The van der Waals surface area contributed by atoms with Crippen molar-refractivity contribution in [1.82, 2.24) is 0 Å². The fourth-order valence-corrected chi connectivity index (χ4v) is 13.7. The molecule has 1 saturated heterocycles. The fraction of sp³-hybridized carbons (Fsp3) is 0.837. The van der Waals surface area contributed by atoms with Gasteiger partial charge >= 0.3 is 23.9 Å². The Labute approximate surface area is 320 Å². The first-order valence-corrected chi connectivity index (χ1v) is 20.4. The van der Waals surface area contributed by atoms with Gasteiger partial charge in [0.15, 0.2) is 24.4 Å². The number of ether oxygens (including phenoxy) is 4. The number of aliphatic hydroxyl groups is 1. The number of ketones is 1. The maximum absolute atomic E-state index is 13.2. The van der Waals surface area contributed by atoms with Gasteiger partial charge in [-0.2, -0.15) is 0 Å². The third-order valence-electron chi connectivity index (χ3n) is 16.6. The van der Waals surface area contributed by atoms with Gasteiger partial charge < -0.3 is 29.2 Å². The summed E-state index contributed by atoms with van der Waals surface area (Å²) >= 11 is 0. The predicted molar refractivity (Wildman–Crippen MR) is 198 cm³/mol. The van der Waals surface area contributed by atoms with Crippen LogP contribution < -0.4 is 0 Å². The summed E-state index contributed by atoms with van der Waals surface area (Å²) in [5, 5.41) is 22.6. The minimum Gasteiger partial charge on any atom is -0.479 e. The lowest BCUT2D eigenvalue weighted by molar-refractivity contribution is -0.263. The molecule has 2 N–H and O–H groups in total. The molecular formula is C43H64O11. The van der Waals surface area contributed by atoms with Crippen molar-refractivity contribution in [2.45, 2.75) is 170 Å². The molecule has 1 heterocycles. The first-order valence-electron chi connectivity index (χ1n) is 20.4. The van der Waals surface area contributed by atoms with Crippen molar-refractivity contribution in [1.29, 1.82) is 0 Å². The number of carbonyl (C=O) groups is 5. The third kappa shape index (κ3) is 6.26. The summed E-state index contributed by atoms with van der Waals surface area (Å²) in [4.78, 5) is 62.8. The number of hydrogen-bond acceptors (Lipinski definition) is 10. The van der Waals surface area contributed by atoms with Gasteiger partial charge in [0.1, 0.15) is 11.9 Å². The van der Waals surface area contributed by atoms with Gasteiger partial charge in [0.05, 0.1) is 6.10 Å². The Bertz CT molecular complexity index is 1580. The molecule has 0 aromatic rings. The van der Waals surface area contributed by atoms with E-state index in [4.69, 9.17) is 18.9 Å². The molecule has 0 radical (unpaired) electrons. The molecule has 5 fully saturated rings. The number of carboxylic acids is 1. The van der Waals surface area contributed by atoms with Crippen LogP contribution in [0.25, 0.3) is 0 Å². The molecule has 0 amide bonds. The number of carbonyl (C=O) groups excluding carboxylic acids is 4. The standard InChI is InChI=1S/C43H64O11/c1-22-13-18-43(21-28(47)33-34(51-24(3)44)35(52-25(4)45)36(53-26(5)46)37(54-33)38(49)50)20-19-41(9)27(32(43)23(22)2)11-12-30-40(8)16-15-31(48)39(6,7)29(40)14-17-42(30,41)10/h11,22-23,28-30,32-37,47H,12-21H2,1-10H3,(H,49,50)/t22-,23+,28-,29?,30?,32?,33+,34?,35?,36+,37?,40+,41-,42-,43-/m1/s1. The minimum atomic E-state index is -1.78. The molecule has 0 bridgehead atoms. The fourth-order valence-electron chi connectivity index (χ4n) is 13.7. The van der Waals surface area contributed by atoms with Gasteiger partial charge in [0.25, 0.3) is 0 Å². The van der Waals surface area contributed by atoms with Gasteiger partial charge in [-0.3, -0.25) is 19.2 Å². The van der Waals surface area contributed by atoms with Crippen molar-refractivity contribution < 1.29 is 53.1 Å². The number of rotatable bonds is 7. The highest BCUT2D eigenvalue weighted by Gasteiger charge is 2.69. The second kappa shape index (κ2) is 14.0. The number of esters is 3. The SMILES string of the molecule is CC(=O)OC1C(OC(C)=O)[C@H]([C@H](O)C[C@]23CC[C@@H](C)[C@H](C)C2C2=CCC4[C@@]5(C)CCC(=O)C(C)(C)C5CC[C@@]4(C)[C@]2(C)CC3)OC(C(=O)O)[C@H]1OC(C)=O. The Morgan fingerprint density at radius 2 is 1.44 bits per heavy atom. The Balaban J connectivity index is 1.38. The Kier molecular flexibility index (Phi) is 10.6. The maximum atomic E-state index is 13.2. The van der Waals surface area contributed by atoms with E-state index in [9.17, 15) is 34.2 Å². The molecule has 6 rings (SSSR count). The number of hydrogen-bond donors (Lipinski definition) is 2. The smallest absolute Gasteiger partial charge is 0.336 e. The van der Waals surface area contributed by atoms with Gasteiger partial charge in [0.2, 0.25) is 0 Å². The van der Waals surface area contributed by atoms with Crippen LogP contribution in [0.2, 0.25) is 0 Å². The summed E-state index contributed by atoms with van der Waals surface area (Å²) in [7, 11) is 0. The van der Waals surface area contributed by atoms with E-state index in [1.54, 1.807) is 0 Å².